The van der Waals surface area contributed by atoms with Gasteiger partial charge in [-0.15, -0.1) is 18.5 Å². The van der Waals surface area contributed by atoms with Crippen molar-refractivity contribution in [3.8, 4) is 0 Å². The third-order valence-corrected chi connectivity index (χ3v) is 3.07. The first-order valence-corrected chi connectivity index (χ1v) is 4.48. The summed E-state index contributed by atoms with van der Waals surface area (Å²) in [6, 6.07) is 0. The van der Waals surface area contributed by atoms with E-state index in [2.05, 4.69) is 0 Å². The Labute approximate surface area is 81.9 Å². The molecule has 0 aliphatic heterocycles. The van der Waals surface area contributed by atoms with E-state index in [0.717, 1.165) is 0 Å². The molecule has 14 heavy (non-hydrogen) atoms. The van der Waals surface area contributed by atoms with Gasteiger partial charge in [-0.3, -0.25) is 0 Å². The summed E-state index contributed by atoms with van der Waals surface area (Å²) < 4.78 is 39.0. The lowest BCUT2D eigenvalue weighted by atomic mass is 10.2. The lowest BCUT2D eigenvalue weighted by Gasteiger charge is -2.07. The van der Waals surface area contributed by atoms with Crippen LogP contribution in [0.15, 0.2) is 0 Å². The molecule has 7 heteroatoms. The van der Waals surface area contributed by atoms with Gasteiger partial charge < -0.3 is 5.11 Å². The number of benzene rings is 1. The highest BCUT2D eigenvalue weighted by Gasteiger charge is 2.25. The fourth-order valence-electron chi connectivity index (χ4n) is 0.883. The average Bonchev–Trinajstić information content (AvgIpc) is 2.11. The van der Waals surface area contributed by atoms with E-state index in [0.29, 0.717) is 0 Å². The molecule has 0 aliphatic carbocycles. The van der Waals surface area contributed by atoms with Crippen LogP contribution in [0.2, 0.25) is 0 Å². The van der Waals surface area contributed by atoms with Crippen molar-refractivity contribution in [1.29, 1.82) is 0 Å². The minimum absolute atomic E-state index is 0.314. The number of hydrogen-bond donors (Lipinski definition) is 1. The van der Waals surface area contributed by atoms with Crippen LogP contribution in [0.25, 0.3) is 0 Å². The highest BCUT2D eigenvalue weighted by molar-refractivity contribution is 7.35. The first kappa shape index (κ1) is 11.4. The van der Waals surface area contributed by atoms with Crippen molar-refractivity contribution in [2.45, 2.75) is 0 Å². The SMILES string of the molecule is O=C(O)c1c(F)c(F)c(P)c(P)c1F. The van der Waals surface area contributed by atoms with Crippen molar-refractivity contribution in [3.63, 3.8) is 0 Å². The maximum atomic E-state index is 13.1. The zero-order chi connectivity index (χ0) is 11.0. The quantitative estimate of drug-likeness (QED) is 0.582. The maximum Gasteiger partial charge on any atom is 0.341 e. The van der Waals surface area contributed by atoms with E-state index in [1.165, 1.54) is 0 Å². The van der Waals surface area contributed by atoms with Crippen LogP contribution in [0.1, 0.15) is 10.4 Å². The first-order valence-electron chi connectivity index (χ1n) is 3.32. The molecule has 0 amide bonds. The van der Waals surface area contributed by atoms with Crippen LogP contribution in [0.5, 0.6) is 0 Å². The van der Waals surface area contributed by atoms with Crippen LogP contribution in [-0.2, 0) is 0 Å². The van der Waals surface area contributed by atoms with Crippen molar-refractivity contribution in [2.24, 2.45) is 0 Å². The summed E-state index contributed by atoms with van der Waals surface area (Å²) in [5, 5.41) is 7.77. The van der Waals surface area contributed by atoms with Crippen LogP contribution < -0.4 is 10.6 Å². The van der Waals surface area contributed by atoms with E-state index in [-0.39, 0.29) is 10.6 Å². The van der Waals surface area contributed by atoms with E-state index >= 15 is 0 Å². The van der Waals surface area contributed by atoms with Crippen LogP contribution in [0.3, 0.4) is 0 Å². The van der Waals surface area contributed by atoms with Gasteiger partial charge in [-0.1, -0.05) is 0 Å². The van der Waals surface area contributed by atoms with Gasteiger partial charge in [0, 0.05) is 10.6 Å². The molecule has 2 nitrogen and oxygen atoms in total. The fourth-order valence-corrected chi connectivity index (χ4v) is 1.41. The van der Waals surface area contributed by atoms with Crippen molar-refractivity contribution in [1.82, 2.24) is 0 Å². The van der Waals surface area contributed by atoms with Gasteiger partial charge in [0.2, 0.25) is 0 Å². The standard InChI is InChI=1S/C7H5F3O2P2/c8-2-1(7(11)12)3(9)5(13)6(14)4(2)10/h13-14H2,(H,11,12). The second-order valence-corrected chi connectivity index (χ2v) is 3.60. The van der Waals surface area contributed by atoms with Crippen LogP contribution in [0.4, 0.5) is 13.2 Å². The molecule has 1 aromatic carbocycles. The van der Waals surface area contributed by atoms with Crippen molar-refractivity contribution >= 4 is 35.1 Å². The largest absolute Gasteiger partial charge is 0.477 e. The minimum Gasteiger partial charge on any atom is -0.477 e. The second kappa shape index (κ2) is 3.84. The number of aromatic carboxylic acids is 1. The van der Waals surface area contributed by atoms with Gasteiger partial charge >= 0.3 is 5.97 Å². The smallest absolute Gasteiger partial charge is 0.341 e. The zero-order valence-electron chi connectivity index (χ0n) is 6.64. The Balaban J connectivity index is 3.68. The van der Waals surface area contributed by atoms with E-state index in [1.54, 1.807) is 9.24 Å². The fraction of sp³-hybridized carbons (Fsp3) is 0. The lowest BCUT2D eigenvalue weighted by molar-refractivity contribution is 0.0685. The molecule has 0 radical (unpaired) electrons. The highest BCUT2D eigenvalue weighted by Crippen LogP contribution is 2.16. The second-order valence-electron chi connectivity index (χ2n) is 2.45. The highest BCUT2D eigenvalue weighted by atomic mass is 31.0. The third kappa shape index (κ3) is 1.62. The van der Waals surface area contributed by atoms with E-state index in [1.807, 2.05) is 9.24 Å². The van der Waals surface area contributed by atoms with Gasteiger partial charge in [-0.2, -0.15) is 0 Å². The van der Waals surface area contributed by atoms with Crippen molar-refractivity contribution < 1.29 is 23.1 Å². The Bertz CT molecular complexity index is 391. The zero-order valence-corrected chi connectivity index (χ0v) is 8.95. The van der Waals surface area contributed by atoms with Crippen LogP contribution in [0, 0.1) is 17.5 Å². The average molecular weight is 240 g/mol. The molecule has 0 fully saturated rings. The summed E-state index contributed by atoms with van der Waals surface area (Å²) in [5.74, 6) is -6.19. The summed E-state index contributed by atoms with van der Waals surface area (Å²) in [7, 11) is 3.61. The number of carbonyl (C=O) groups is 1. The van der Waals surface area contributed by atoms with Gasteiger partial charge in [0.15, 0.2) is 11.6 Å². The Kier molecular flexibility index (Phi) is 3.13. The summed E-state index contributed by atoms with van der Waals surface area (Å²) in [6.45, 7) is 0. The minimum atomic E-state index is -1.84. The van der Waals surface area contributed by atoms with Crippen LogP contribution in [-0.4, -0.2) is 11.1 Å². The molecule has 0 aliphatic rings. The Morgan fingerprint density at radius 3 is 1.86 bits per heavy atom. The summed E-state index contributed by atoms with van der Waals surface area (Å²) in [6.07, 6.45) is 0. The molecule has 0 aromatic heterocycles. The molecule has 1 N–H and O–H groups in total. The maximum absolute atomic E-state index is 13.1. The molecule has 0 spiro atoms. The molecule has 1 rings (SSSR count). The number of hydrogen-bond acceptors (Lipinski definition) is 1. The summed E-state index contributed by atoms with van der Waals surface area (Å²) >= 11 is 0. The normalized spacial score (nSPS) is 10.4. The van der Waals surface area contributed by atoms with Crippen molar-refractivity contribution in [2.75, 3.05) is 0 Å². The monoisotopic (exact) mass is 240 g/mol. The van der Waals surface area contributed by atoms with E-state index < -0.39 is 29.0 Å². The number of carboxylic acid groups (broad SMARTS) is 1. The molecular formula is C7H5F3O2P2. The predicted molar refractivity (Wildman–Crippen MR) is 52.0 cm³/mol. The third-order valence-electron chi connectivity index (χ3n) is 1.61. The molecule has 0 saturated heterocycles. The number of rotatable bonds is 1. The summed E-state index contributed by atoms with van der Waals surface area (Å²) in [4.78, 5) is 10.4. The first-order chi connectivity index (χ1) is 6.37. The molecule has 2 atom stereocenters. The topological polar surface area (TPSA) is 37.3 Å². The Morgan fingerprint density at radius 2 is 1.43 bits per heavy atom. The Morgan fingerprint density at radius 1 is 1.00 bits per heavy atom. The summed E-state index contributed by atoms with van der Waals surface area (Å²) in [5.41, 5.74) is -1.28. The van der Waals surface area contributed by atoms with E-state index in [4.69, 9.17) is 5.11 Å². The van der Waals surface area contributed by atoms with E-state index in [9.17, 15) is 18.0 Å². The van der Waals surface area contributed by atoms with Gasteiger partial charge in [-0.25, -0.2) is 18.0 Å². The van der Waals surface area contributed by atoms with Crippen LogP contribution >= 0.6 is 18.5 Å². The van der Waals surface area contributed by atoms with Gasteiger partial charge in [0.1, 0.15) is 11.4 Å². The predicted octanol–water partition coefficient (Wildman–Crippen LogP) is 0.803. The molecule has 2 unspecified atom stereocenters. The number of carboxylic acids is 1. The van der Waals surface area contributed by atoms with Gasteiger partial charge in [0.25, 0.3) is 0 Å². The Hall–Kier alpha value is -0.660. The molecule has 0 heterocycles. The van der Waals surface area contributed by atoms with Crippen molar-refractivity contribution in [3.05, 3.63) is 23.0 Å². The lowest BCUT2D eigenvalue weighted by Crippen LogP contribution is -2.26. The molecule has 0 saturated carbocycles. The number of halogens is 3. The molecule has 1 aromatic rings. The molecular weight excluding hydrogens is 235 g/mol. The van der Waals surface area contributed by atoms with Gasteiger partial charge in [0.05, 0.1) is 0 Å². The molecule has 76 valence electrons. The van der Waals surface area contributed by atoms with Gasteiger partial charge in [-0.05, 0) is 0 Å². The molecule has 0 bridgehead atoms.